The number of nitrogens with zero attached hydrogens (tertiary/aromatic N) is 1. The van der Waals surface area contributed by atoms with Crippen LogP contribution in [0.5, 0.6) is 0 Å². The van der Waals surface area contributed by atoms with E-state index in [0.29, 0.717) is 13.1 Å². The van der Waals surface area contributed by atoms with E-state index in [-0.39, 0.29) is 6.42 Å². The number of hydrogen-bond acceptors (Lipinski definition) is 1. The van der Waals surface area contributed by atoms with Crippen molar-refractivity contribution in [3.05, 3.63) is 11.6 Å². The molecule has 1 aliphatic rings. The lowest BCUT2D eigenvalue weighted by molar-refractivity contribution is -0.140. The molecule has 0 N–H and O–H groups in total. The number of likely N-dealkylation sites (N-methyl/N-ethyl adjacent to an activating group) is 1. The zero-order valence-corrected chi connectivity index (χ0v) is 7.19. The third kappa shape index (κ3) is 2.02. The number of amides is 1. The third-order valence-electron chi connectivity index (χ3n) is 1.95. The number of rotatable bonds is 1. The van der Waals surface area contributed by atoms with Crippen LogP contribution in [0.15, 0.2) is 11.6 Å². The highest BCUT2D eigenvalue weighted by Crippen LogP contribution is 2.29. The molecular weight excluding hydrogens is 183 g/mol. The van der Waals surface area contributed by atoms with Gasteiger partial charge < -0.3 is 4.90 Å². The summed E-state index contributed by atoms with van der Waals surface area (Å²) in [6.07, 6.45) is -3.26. The zero-order valence-electron chi connectivity index (χ0n) is 7.19. The minimum atomic E-state index is -4.51. The first kappa shape index (κ1) is 10.1. The molecule has 0 saturated carbocycles. The molecule has 0 bridgehead atoms. The van der Waals surface area contributed by atoms with E-state index < -0.39 is 17.7 Å². The van der Waals surface area contributed by atoms with Gasteiger partial charge in [-0.1, -0.05) is 6.08 Å². The lowest BCUT2D eigenvalue weighted by Crippen LogP contribution is -2.39. The molecule has 0 spiro atoms. The molecule has 0 fully saturated rings. The van der Waals surface area contributed by atoms with E-state index in [1.54, 1.807) is 6.92 Å². The molecule has 0 aromatic rings. The Balaban J connectivity index is 2.87. The number of halogens is 3. The molecule has 0 aromatic carbocycles. The second kappa shape index (κ2) is 3.40. The van der Waals surface area contributed by atoms with Crippen molar-refractivity contribution in [3.8, 4) is 0 Å². The van der Waals surface area contributed by atoms with Crippen LogP contribution in [0.1, 0.15) is 13.3 Å². The average molecular weight is 193 g/mol. The topological polar surface area (TPSA) is 20.3 Å². The third-order valence-corrected chi connectivity index (χ3v) is 1.95. The van der Waals surface area contributed by atoms with Gasteiger partial charge in [0.25, 0.3) is 5.91 Å². The van der Waals surface area contributed by atoms with Crippen molar-refractivity contribution >= 4 is 5.91 Å². The van der Waals surface area contributed by atoms with Crippen molar-refractivity contribution in [2.24, 2.45) is 0 Å². The van der Waals surface area contributed by atoms with Gasteiger partial charge >= 0.3 is 6.18 Å². The summed E-state index contributed by atoms with van der Waals surface area (Å²) in [6.45, 7) is 2.37. The van der Waals surface area contributed by atoms with Crippen LogP contribution < -0.4 is 0 Å². The second-order valence-electron chi connectivity index (χ2n) is 2.79. The van der Waals surface area contributed by atoms with Crippen LogP contribution in [-0.4, -0.2) is 30.1 Å². The molecule has 0 aliphatic carbocycles. The number of alkyl halides is 3. The van der Waals surface area contributed by atoms with Gasteiger partial charge in [0.1, 0.15) is 5.57 Å². The smallest absolute Gasteiger partial charge is 0.339 e. The summed E-state index contributed by atoms with van der Waals surface area (Å²) in [7, 11) is 0. The SMILES string of the molecule is CCN1CCC=C(C(F)(F)F)C1=O. The molecule has 0 saturated heterocycles. The Morgan fingerprint density at radius 2 is 2.15 bits per heavy atom. The van der Waals surface area contributed by atoms with Crippen molar-refractivity contribution < 1.29 is 18.0 Å². The van der Waals surface area contributed by atoms with Gasteiger partial charge in [-0.3, -0.25) is 4.79 Å². The maximum atomic E-state index is 12.2. The van der Waals surface area contributed by atoms with Gasteiger partial charge in [-0.05, 0) is 13.3 Å². The van der Waals surface area contributed by atoms with Gasteiger partial charge in [0.15, 0.2) is 0 Å². The van der Waals surface area contributed by atoms with Gasteiger partial charge in [-0.15, -0.1) is 0 Å². The molecule has 0 atom stereocenters. The Bertz CT molecular complexity index is 244. The van der Waals surface area contributed by atoms with Crippen molar-refractivity contribution in [2.75, 3.05) is 13.1 Å². The molecule has 0 unspecified atom stereocenters. The van der Waals surface area contributed by atoms with Gasteiger partial charge in [0.05, 0.1) is 0 Å². The van der Waals surface area contributed by atoms with E-state index in [9.17, 15) is 18.0 Å². The minimum absolute atomic E-state index is 0.286. The molecular formula is C8H10F3NO. The first-order valence-electron chi connectivity index (χ1n) is 4.03. The van der Waals surface area contributed by atoms with E-state index in [0.717, 1.165) is 6.08 Å². The largest absolute Gasteiger partial charge is 0.421 e. The van der Waals surface area contributed by atoms with E-state index in [1.165, 1.54) is 4.90 Å². The van der Waals surface area contributed by atoms with Crippen molar-refractivity contribution in [2.45, 2.75) is 19.5 Å². The lowest BCUT2D eigenvalue weighted by Gasteiger charge is -2.26. The van der Waals surface area contributed by atoms with Gasteiger partial charge in [-0.25, -0.2) is 0 Å². The Hall–Kier alpha value is -1.00. The average Bonchev–Trinajstić information content (AvgIpc) is 2.02. The van der Waals surface area contributed by atoms with Crippen LogP contribution in [0.2, 0.25) is 0 Å². The van der Waals surface area contributed by atoms with Crippen LogP contribution in [-0.2, 0) is 4.79 Å². The summed E-state index contributed by atoms with van der Waals surface area (Å²) in [5, 5.41) is 0. The highest BCUT2D eigenvalue weighted by Gasteiger charge is 2.41. The lowest BCUT2D eigenvalue weighted by atomic mass is 10.1. The quantitative estimate of drug-likeness (QED) is 0.621. The molecule has 2 nitrogen and oxygen atoms in total. The van der Waals surface area contributed by atoms with Crippen LogP contribution >= 0.6 is 0 Å². The molecule has 74 valence electrons. The normalized spacial score (nSPS) is 18.9. The molecule has 13 heavy (non-hydrogen) atoms. The summed E-state index contributed by atoms with van der Waals surface area (Å²) >= 11 is 0. The Kier molecular flexibility index (Phi) is 2.63. The Labute approximate surface area is 74.0 Å². The van der Waals surface area contributed by atoms with Crippen LogP contribution in [0.25, 0.3) is 0 Å². The highest BCUT2D eigenvalue weighted by atomic mass is 19.4. The summed E-state index contributed by atoms with van der Waals surface area (Å²) in [5.41, 5.74) is -1.03. The summed E-state index contributed by atoms with van der Waals surface area (Å²) in [4.78, 5) is 12.3. The number of carbonyl (C=O) groups is 1. The fraction of sp³-hybridized carbons (Fsp3) is 0.625. The van der Waals surface area contributed by atoms with Gasteiger partial charge in [-0.2, -0.15) is 13.2 Å². The van der Waals surface area contributed by atoms with Gasteiger partial charge in [0.2, 0.25) is 0 Å². The standard InChI is InChI=1S/C8H10F3NO/c1-2-12-5-3-4-6(7(12)13)8(9,10)11/h4H,2-3,5H2,1H3. The molecule has 0 aromatic heterocycles. The maximum absolute atomic E-state index is 12.2. The first-order chi connectivity index (χ1) is 5.96. The fourth-order valence-electron chi connectivity index (χ4n) is 1.26. The summed E-state index contributed by atoms with van der Waals surface area (Å²) in [6, 6.07) is 0. The predicted octanol–water partition coefficient (Wildman–Crippen LogP) is 1.73. The van der Waals surface area contributed by atoms with Crippen molar-refractivity contribution in [3.63, 3.8) is 0 Å². The monoisotopic (exact) mass is 193 g/mol. The minimum Gasteiger partial charge on any atom is -0.339 e. The Morgan fingerprint density at radius 1 is 1.54 bits per heavy atom. The zero-order chi connectivity index (χ0) is 10.1. The van der Waals surface area contributed by atoms with E-state index in [4.69, 9.17) is 0 Å². The van der Waals surface area contributed by atoms with E-state index >= 15 is 0 Å². The van der Waals surface area contributed by atoms with Crippen LogP contribution in [0.4, 0.5) is 13.2 Å². The Morgan fingerprint density at radius 3 is 2.62 bits per heavy atom. The van der Waals surface area contributed by atoms with E-state index in [2.05, 4.69) is 0 Å². The van der Waals surface area contributed by atoms with Crippen molar-refractivity contribution in [1.82, 2.24) is 4.90 Å². The molecule has 1 heterocycles. The highest BCUT2D eigenvalue weighted by molar-refractivity contribution is 5.95. The van der Waals surface area contributed by atoms with Crippen molar-refractivity contribution in [1.29, 1.82) is 0 Å². The van der Waals surface area contributed by atoms with Gasteiger partial charge in [0, 0.05) is 13.1 Å². The summed E-state index contributed by atoms with van der Waals surface area (Å²) < 4.78 is 36.6. The second-order valence-corrected chi connectivity index (χ2v) is 2.79. The molecule has 5 heteroatoms. The molecule has 1 aliphatic heterocycles. The number of hydrogen-bond donors (Lipinski definition) is 0. The molecule has 1 amide bonds. The fourth-order valence-corrected chi connectivity index (χ4v) is 1.26. The molecule has 1 rings (SSSR count). The number of carbonyl (C=O) groups excluding carboxylic acids is 1. The predicted molar refractivity (Wildman–Crippen MR) is 41.0 cm³/mol. The first-order valence-corrected chi connectivity index (χ1v) is 4.03. The van der Waals surface area contributed by atoms with Crippen LogP contribution in [0.3, 0.4) is 0 Å². The summed E-state index contributed by atoms with van der Waals surface area (Å²) in [5.74, 6) is -0.902. The van der Waals surface area contributed by atoms with E-state index in [1.807, 2.05) is 0 Å². The molecule has 0 radical (unpaired) electrons. The maximum Gasteiger partial charge on any atom is 0.421 e. The van der Waals surface area contributed by atoms with Crippen LogP contribution in [0, 0.1) is 0 Å².